The smallest absolute Gasteiger partial charge is 0.378 e. The summed E-state index contributed by atoms with van der Waals surface area (Å²) >= 11 is 3.19. The van der Waals surface area contributed by atoms with Crippen molar-refractivity contribution in [2.75, 3.05) is 5.32 Å². The number of nitrogens with one attached hydrogen (secondary N) is 1. The van der Waals surface area contributed by atoms with Gasteiger partial charge in [0.1, 0.15) is 0 Å². The van der Waals surface area contributed by atoms with Gasteiger partial charge in [0.15, 0.2) is 0 Å². The van der Waals surface area contributed by atoms with Crippen LogP contribution in [0.4, 0.5) is 18.9 Å². The molecule has 1 heterocycles. The molecule has 2 aromatic rings. The molecule has 0 amide bonds. The predicted octanol–water partition coefficient (Wildman–Crippen LogP) is 5.04. The number of pyridine rings is 1. The van der Waals surface area contributed by atoms with Crippen LogP contribution in [-0.2, 0) is 6.18 Å². The van der Waals surface area contributed by atoms with E-state index in [-0.39, 0.29) is 11.7 Å². The zero-order chi connectivity index (χ0) is 14.8. The van der Waals surface area contributed by atoms with Crippen molar-refractivity contribution in [2.45, 2.75) is 19.1 Å². The number of alkyl halides is 3. The second kappa shape index (κ2) is 5.83. The van der Waals surface area contributed by atoms with Crippen molar-refractivity contribution < 1.29 is 13.2 Å². The van der Waals surface area contributed by atoms with E-state index in [0.29, 0.717) is 4.47 Å². The lowest BCUT2D eigenvalue weighted by molar-refractivity contribution is -0.137. The zero-order valence-corrected chi connectivity index (χ0v) is 12.2. The van der Waals surface area contributed by atoms with Crippen molar-refractivity contribution >= 4 is 21.6 Å². The number of rotatable bonds is 3. The van der Waals surface area contributed by atoms with Crippen molar-refractivity contribution in [2.24, 2.45) is 0 Å². The molecule has 6 heteroatoms. The monoisotopic (exact) mass is 344 g/mol. The third kappa shape index (κ3) is 3.50. The quantitative estimate of drug-likeness (QED) is 0.843. The normalized spacial score (nSPS) is 13.1. The van der Waals surface area contributed by atoms with Crippen molar-refractivity contribution in [1.82, 2.24) is 4.98 Å². The Hall–Kier alpha value is -1.56. The van der Waals surface area contributed by atoms with Gasteiger partial charge in [-0.3, -0.25) is 4.98 Å². The molecule has 1 atom stereocenters. The van der Waals surface area contributed by atoms with E-state index >= 15 is 0 Å². The minimum atomic E-state index is -4.39. The Morgan fingerprint density at radius 1 is 1.15 bits per heavy atom. The summed E-state index contributed by atoms with van der Waals surface area (Å²) in [5, 5.41) is 2.90. The Labute approximate surface area is 123 Å². The number of halogens is 4. The van der Waals surface area contributed by atoms with Crippen LogP contribution in [0.1, 0.15) is 24.1 Å². The van der Waals surface area contributed by atoms with E-state index in [9.17, 15) is 13.2 Å². The molecule has 0 saturated carbocycles. The Bertz CT molecular complexity index is 585. The van der Waals surface area contributed by atoms with Crippen molar-refractivity contribution in [3.63, 3.8) is 0 Å². The second-order valence-corrected chi connectivity index (χ2v) is 5.25. The molecule has 2 rings (SSSR count). The lowest BCUT2D eigenvalue weighted by Gasteiger charge is -2.20. The van der Waals surface area contributed by atoms with Gasteiger partial charge in [0.05, 0.1) is 5.56 Å². The number of nitrogens with zero attached hydrogens (tertiary/aromatic N) is 1. The summed E-state index contributed by atoms with van der Waals surface area (Å²) in [6, 6.07) is 7.15. The molecule has 0 aliphatic rings. The summed E-state index contributed by atoms with van der Waals surface area (Å²) in [6.07, 6.45) is -1.17. The maximum atomic E-state index is 13.0. The third-order valence-corrected chi connectivity index (χ3v) is 3.36. The number of hydrogen-bond acceptors (Lipinski definition) is 2. The highest BCUT2D eigenvalue weighted by Gasteiger charge is 2.33. The highest BCUT2D eigenvalue weighted by molar-refractivity contribution is 9.10. The molecule has 0 radical (unpaired) electrons. The highest BCUT2D eigenvalue weighted by Crippen LogP contribution is 2.37. The van der Waals surface area contributed by atoms with E-state index in [1.54, 1.807) is 31.5 Å². The number of hydrogen-bond donors (Lipinski definition) is 1. The molecule has 106 valence electrons. The van der Waals surface area contributed by atoms with Crippen LogP contribution < -0.4 is 5.32 Å². The average molecular weight is 345 g/mol. The molecule has 0 bridgehead atoms. The van der Waals surface area contributed by atoms with E-state index in [1.807, 2.05) is 0 Å². The van der Waals surface area contributed by atoms with Crippen LogP contribution in [0, 0.1) is 0 Å². The highest BCUT2D eigenvalue weighted by atomic mass is 79.9. The van der Waals surface area contributed by atoms with E-state index in [1.165, 1.54) is 12.1 Å². The van der Waals surface area contributed by atoms with Gasteiger partial charge in [0.25, 0.3) is 0 Å². The van der Waals surface area contributed by atoms with Gasteiger partial charge in [0.2, 0.25) is 0 Å². The Morgan fingerprint density at radius 3 is 2.40 bits per heavy atom. The second-order valence-electron chi connectivity index (χ2n) is 4.33. The van der Waals surface area contributed by atoms with Crippen LogP contribution in [0.15, 0.2) is 47.2 Å². The molecule has 0 saturated heterocycles. The van der Waals surface area contributed by atoms with E-state index < -0.39 is 11.7 Å². The van der Waals surface area contributed by atoms with Gasteiger partial charge < -0.3 is 5.32 Å². The maximum Gasteiger partial charge on any atom is 0.418 e. The van der Waals surface area contributed by atoms with E-state index in [0.717, 1.165) is 11.6 Å². The summed E-state index contributed by atoms with van der Waals surface area (Å²) in [5.74, 6) is 0. The van der Waals surface area contributed by atoms with E-state index in [2.05, 4.69) is 26.2 Å². The van der Waals surface area contributed by atoms with Gasteiger partial charge in [-0.05, 0) is 42.8 Å². The topological polar surface area (TPSA) is 24.9 Å². The molecule has 0 aliphatic carbocycles. The molecule has 0 spiro atoms. The Morgan fingerprint density at radius 2 is 1.80 bits per heavy atom. The number of aromatic nitrogens is 1. The lowest BCUT2D eigenvalue weighted by atomic mass is 10.1. The Kier molecular flexibility index (Phi) is 4.32. The van der Waals surface area contributed by atoms with Crippen molar-refractivity contribution in [3.8, 4) is 0 Å². The fourth-order valence-corrected chi connectivity index (χ4v) is 2.21. The largest absolute Gasteiger partial charge is 0.418 e. The van der Waals surface area contributed by atoms with Crippen molar-refractivity contribution in [3.05, 3.63) is 58.3 Å². The summed E-state index contributed by atoms with van der Waals surface area (Å²) in [6.45, 7) is 1.80. The molecule has 0 fully saturated rings. The molecule has 1 N–H and O–H groups in total. The minimum absolute atomic E-state index is 0.0520. The molecule has 0 aliphatic heterocycles. The average Bonchev–Trinajstić information content (AvgIpc) is 2.38. The van der Waals surface area contributed by atoms with Gasteiger partial charge in [0, 0.05) is 28.6 Å². The summed E-state index contributed by atoms with van der Waals surface area (Å²) < 4.78 is 39.5. The Balaban J connectivity index is 2.31. The minimum Gasteiger partial charge on any atom is -0.378 e. The molecular weight excluding hydrogens is 333 g/mol. The molecule has 20 heavy (non-hydrogen) atoms. The lowest BCUT2D eigenvalue weighted by Crippen LogP contribution is -2.13. The zero-order valence-electron chi connectivity index (χ0n) is 10.6. The van der Waals surface area contributed by atoms with Crippen LogP contribution in [-0.4, -0.2) is 4.98 Å². The first-order valence-electron chi connectivity index (χ1n) is 5.91. The molecule has 2 nitrogen and oxygen atoms in total. The SMILES string of the molecule is CC(Nc1cc(Br)ccc1C(F)(F)F)c1ccncc1. The third-order valence-electron chi connectivity index (χ3n) is 2.87. The van der Waals surface area contributed by atoms with Crippen LogP contribution in [0.3, 0.4) is 0 Å². The molecule has 1 aromatic heterocycles. The van der Waals surface area contributed by atoms with Crippen LogP contribution in [0.5, 0.6) is 0 Å². The first-order chi connectivity index (χ1) is 9.38. The fourth-order valence-electron chi connectivity index (χ4n) is 1.85. The van der Waals surface area contributed by atoms with Crippen LogP contribution in [0.25, 0.3) is 0 Å². The summed E-state index contributed by atoms with van der Waals surface area (Å²) in [4.78, 5) is 3.89. The number of anilines is 1. The number of benzene rings is 1. The summed E-state index contributed by atoms with van der Waals surface area (Å²) in [5.41, 5.74) is 0.242. The van der Waals surface area contributed by atoms with Crippen molar-refractivity contribution in [1.29, 1.82) is 0 Å². The first-order valence-corrected chi connectivity index (χ1v) is 6.70. The van der Waals surface area contributed by atoms with Gasteiger partial charge in [-0.25, -0.2) is 0 Å². The van der Waals surface area contributed by atoms with Gasteiger partial charge in [-0.15, -0.1) is 0 Å². The standard InChI is InChI=1S/C14H12BrF3N2/c1-9(10-4-6-19-7-5-10)20-13-8-11(15)2-3-12(13)14(16,17)18/h2-9,20H,1H3. The molecular formula is C14H12BrF3N2. The maximum absolute atomic E-state index is 13.0. The first kappa shape index (κ1) is 14.8. The van der Waals surface area contributed by atoms with Crippen LogP contribution in [0.2, 0.25) is 0 Å². The van der Waals surface area contributed by atoms with Crippen LogP contribution >= 0.6 is 15.9 Å². The molecule has 1 aromatic carbocycles. The fraction of sp³-hybridized carbons (Fsp3) is 0.214. The van der Waals surface area contributed by atoms with Gasteiger partial charge in [-0.2, -0.15) is 13.2 Å². The van der Waals surface area contributed by atoms with Gasteiger partial charge >= 0.3 is 6.18 Å². The molecule has 1 unspecified atom stereocenters. The van der Waals surface area contributed by atoms with Gasteiger partial charge in [-0.1, -0.05) is 15.9 Å². The summed E-state index contributed by atoms with van der Waals surface area (Å²) in [7, 11) is 0. The predicted molar refractivity (Wildman–Crippen MR) is 75.4 cm³/mol. The van der Waals surface area contributed by atoms with E-state index in [4.69, 9.17) is 0 Å².